The third-order valence-electron chi connectivity index (χ3n) is 4.58. The Bertz CT molecular complexity index is 969. The van der Waals surface area contributed by atoms with Gasteiger partial charge in [0.2, 0.25) is 0 Å². The highest BCUT2D eigenvalue weighted by molar-refractivity contribution is 8.18. The fraction of sp³-hybridized carbons (Fsp3) is 0.250. The average Bonchev–Trinajstić information content (AvgIpc) is 3.01. The molecule has 156 valence electrons. The maximum atomic E-state index is 12.5. The van der Waals surface area contributed by atoms with Crippen molar-refractivity contribution in [1.82, 2.24) is 4.90 Å². The Balaban J connectivity index is 1.91. The highest BCUT2D eigenvalue weighted by atomic mass is 32.2. The van der Waals surface area contributed by atoms with Crippen molar-refractivity contribution in [2.75, 3.05) is 13.7 Å². The van der Waals surface area contributed by atoms with Gasteiger partial charge in [0, 0.05) is 12.1 Å². The van der Waals surface area contributed by atoms with E-state index in [-0.39, 0.29) is 11.1 Å². The highest BCUT2D eigenvalue weighted by Crippen LogP contribution is 2.37. The van der Waals surface area contributed by atoms with E-state index < -0.39 is 0 Å². The van der Waals surface area contributed by atoms with E-state index in [4.69, 9.17) is 9.47 Å². The summed E-state index contributed by atoms with van der Waals surface area (Å²) >= 11 is 0.967. The van der Waals surface area contributed by atoms with E-state index >= 15 is 0 Å². The van der Waals surface area contributed by atoms with Gasteiger partial charge >= 0.3 is 0 Å². The number of amides is 2. The molecular weight excluding hydrogens is 398 g/mol. The SMILES string of the molecule is C=CCc1cc(/C=C2/SC(=O)N(CCC)C2=O)cc(OC)c1OCc1ccccc1. The van der Waals surface area contributed by atoms with Gasteiger partial charge in [0.25, 0.3) is 11.1 Å². The smallest absolute Gasteiger partial charge is 0.293 e. The van der Waals surface area contributed by atoms with Gasteiger partial charge in [0.05, 0.1) is 12.0 Å². The molecule has 0 unspecified atom stereocenters. The van der Waals surface area contributed by atoms with Crippen molar-refractivity contribution in [2.45, 2.75) is 26.4 Å². The molecule has 5 nitrogen and oxygen atoms in total. The van der Waals surface area contributed by atoms with Crippen LogP contribution in [-0.2, 0) is 17.8 Å². The number of allylic oxidation sites excluding steroid dienone is 1. The molecule has 0 N–H and O–H groups in total. The summed E-state index contributed by atoms with van der Waals surface area (Å²) in [4.78, 5) is 26.4. The van der Waals surface area contributed by atoms with Crippen LogP contribution in [0.2, 0.25) is 0 Å². The maximum absolute atomic E-state index is 12.5. The summed E-state index contributed by atoms with van der Waals surface area (Å²) in [6.45, 7) is 6.62. The van der Waals surface area contributed by atoms with Crippen LogP contribution in [0, 0.1) is 0 Å². The normalized spacial score (nSPS) is 15.0. The summed E-state index contributed by atoms with van der Waals surface area (Å²) < 4.78 is 11.7. The molecule has 0 bridgehead atoms. The van der Waals surface area contributed by atoms with Gasteiger partial charge in [-0.1, -0.05) is 43.3 Å². The molecule has 2 aromatic carbocycles. The fourth-order valence-corrected chi connectivity index (χ4v) is 4.05. The van der Waals surface area contributed by atoms with Gasteiger partial charge in [-0.25, -0.2) is 0 Å². The molecule has 1 saturated heterocycles. The molecule has 0 aliphatic carbocycles. The molecular formula is C24H25NO4S. The van der Waals surface area contributed by atoms with E-state index in [1.54, 1.807) is 19.3 Å². The predicted octanol–water partition coefficient (Wildman–Crippen LogP) is 5.45. The Morgan fingerprint density at radius 1 is 1.17 bits per heavy atom. The summed E-state index contributed by atoms with van der Waals surface area (Å²) in [7, 11) is 1.58. The first-order valence-electron chi connectivity index (χ1n) is 9.81. The molecule has 30 heavy (non-hydrogen) atoms. The van der Waals surface area contributed by atoms with Crippen LogP contribution < -0.4 is 9.47 Å². The zero-order valence-corrected chi connectivity index (χ0v) is 18.0. The Kier molecular flexibility index (Phi) is 7.36. The molecule has 2 amide bonds. The van der Waals surface area contributed by atoms with Crippen LogP contribution in [0.3, 0.4) is 0 Å². The summed E-state index contributed by atoms with van der Waals surface area (Å²) in [6.07, 6.45) is 4.84. The largest absolute Gasteiger partial charge is 0.493 e. The third-order valence-corrected chi connectivity index (χ3v) is 5.49. The van der Waals surface area contributed by atoms with Gasteiger partial charge in [-0.2, -0.15) is 0 Å². The minimum absolute atomic E-state index is 0.228. The number of carbonyl (C=O) groups excluding carboxylic acids is 2. The standard InChI is InChI=1S/C24H25NO4S/c1-4-9-19-13-18(15-21-23(26)25(12-5-2)24(27)30-21)14-20(28-3)22(19)29-16-17-10-7-6-8-11-17/h4,6-8,10-11,13-15H,1,5,9,12,16H2,2-3H3/b21-15+. The quantitative estimate of drug-likeness (QED) is 0.397. The topological polar surface area (TPSA) is 55.8 Å². The number of carbonyl (C=O) groups is 2. The van der Waals surface area contributed by atoms with E-state index in [0.717, 1.165) is 34.9 Å². The second-order valence-electron chi connectivity index (χ2n) is 6.81. The van der Waals surface area contributed by atoms with Crippen LogP contribution in [0.25, 0.3) is 6.08 Å². The van der Waals surface area contributed by atoms with Gasteiger partial charge in [0.1, 0.15) is 6.61 Å². The summed E-state index contributed by atoms with van der Waals surface area (Å²) in [5.41, 5.74) is 2.73. The van der Waals surface area contributed by atoms with Gasteiger partial charge in [0.15, 0.2) is 11.5 Å². The van der Waals surface area contributed by atoms with Crippen LogP contribution in [0.4, 0.5) is 4.79 Å². The number of rotatable bonds is 9. The summed E-state index contributed by atoms with van der Waals surface area (Å²) in [6, 6.07) is 13.7. The Morgan fingerprint density at radius 2 is 1.93 bits per heavy atom. The minimum Gasteiger partial charge on any atom is -0.493 e. The monoisotopic (exact) mass is 423 g/mol. The molecule has 0 atom stereocenters. The second kappa shape index (κ2) is 10.2. The molecule has 1 aliphatic rings. The van der Waals surface area contributed by atoms with Gasteiger partial charge < -0.3 is 9.47 Å². The van der Waals surface area contributed by atoms with E-state index in [1.165, 1.54) is 4.90 Å². The number of hydrogen-bond acceptors (Lipinski definition) is 5. The number of nitrogens with zero attached hydrogens (tertiary/aromatic N) is 1. The molecule has 2 aromatic rings. The first-order chi connectivity index (χ1) is 14.6. The Morgan fingerprint density at radius 3 is 2.60 bits per heavy atom. The number of methoxy groups -OCH3 is 1. The van der Waals surface area contributed by atoms with Gasteiger partial charge in [-0.15, -0.1) is 6.58 Å². The number of hydrogen-bond donors (Lipinski definition) is 0. The lowest BCUT2D eigenvalue weighted by Crippen LogP contribution is -2.28. The number of imide groups is 1. The van der Waals surface area contributed by atoms with Crippen molar-refractivity contribution in [2.24, 2.45) is 0 Å². The fourth-order valence-electron chi connectivity index (χ4n) is 3.19. The maximum Gasteiger partial charge on any atom is 0.293 e. The molecule has 3 rings (SSSR count). The summed E-state index contributed by atoms with van der Waals surface area (Å²) in [5.74, 6) is 0.974. The van der Waals surface area contributed by atoms with Crippen molar-refractivity contribution < 1.29 is 19.1 Å². The number of thioether (sulfide) groups is 1. The van der Waals surface area contributed by atoms with Crippen LogP contribution in [0.1, 0.15) is 30.0 Å². The zero-order valence-electron chi connectivity index (χ0n) is 17.2. The van der Waals surface area contributed by atoms with Crippen LogP contribution >= 0.6 is 11.8 Å². The molecule has 0 radical (unpaired) electrons. The summed E-state index contributed by atoms with van der Waals surface area (Å²) in [5, 5.41) is -0.228. The van der Waals surface area contributed by atoms with Gasteiger partial charge in [-0.05, 0) is 53.9 Å². The third kappa shape index (κ3) is 4.94. The lowest BCUT2D eigenvalue weighted by atomic mass is 10.0. The lowest BCUT2D eigenvalue weighted by Gasteiger charge is -2.16. The lowest BCUT2D eigenvalue weighted by molar-refractivity contribution is -0.122. The molecule has 1 heterocycles. The average molecular weight is 424 g/mol. The minimum atomic E-state index is -0.250. The molecule has 1 aliphatic heterocycles. The van der Waals surface area contributed by atoms with Crippen LogP contribution in [0.15, 0.2) is 60.0 Å². The highest BCUT2D eigenvalue weighted by Gasteiger charge is 2.34. The first kappa shape index (κ1) is 21.7. The van der Waals surface area contributed by atoms with Crippen LogP contribution in [0.5, 0.6) is 11.5 Å². The number of ether oxygens (including phenoxy) is 2. The first-order valence-corrected chi connectivity index (χ1v) is 10.6. The van der Waals surface area contributed by atoms with Crippen molar-refractivity contribution in [3.63, 3.8) is 0 Å². The molecule has 0 aromatic heterocycles. The van der Waals surface area contributed by atoms with E-state index in [9.17, 15) is 9.59 Å². The van der Waals surface area contributed by atoms with Crippen molar-refractivity contribution >= 4 is 29.0 Å². The van der Waals surface area contributed by atoms with Crippen molar-refractivity contribution in [1.29, 1.82) is 0 Å². The van der Waals surface area contributed by atoms with E-state index in [0.29, 0.717) is 36.0 Å². The Hall–Kier alpha value is -2.99. The van der Waals surface area contributed by atoms with E-state index in [1.807, 2.05) is 49.4 Å². The van der Waals surface area contributed by atoms with Crippen molar-refractivity contribution in [3.05, 3.63) is 76.7 Å². The molecule has 1 fully saturated rings. The zero-order chi connectivity index (χ0) is 21.5. The van der Waals surface area contributed by atoms with Crippen LogP contribution in [-0.4, -0.2) is 29.7 Å². The predicted molar refractivity (Wildman–Crippen MR) is 121 cm³/mol. The second-order valence-corrected chi connectivity index (χ2v) is 7.81. The molecule has 0 spiro atoms. The van der Waals surface area contributed by atoms with Crippen molar-refractivity contribution in [3.8, 4) is 11.5 Å². The molecule has 0 saturated carbocycles. The van der Waals surface area contributed by atoms with Gasteiger partial charge in [-0.3, -0.25) is 14.5 Å². The Labute approximate surface area is 181 Å². The van der Waals surface area contributed by atoms with E-state index in [2.05, 4.69) is 6.58 Å². The number of benzene rings is 2. The molecule has 6 heteroatoms.